The topological polar surface area (TPSA) is 341 Å². The van der Waals surface area contributed by atoms with E-state index >= 15 is 0 Å². The molecule has 2 heterocycles. The molecule has 0 radical (unpaired) electrons. The third kappa shape index (κ3) is 36.1. The Labute approximate surface area is 506 Å². The molecule has 0 aromatic heterocycles. The Morgan fingerprint density at radius 2 is 0.786 bits per heavy atom. The van der Waals surface area contributed by atoms with Gasteiger partial charge in [0, 0.05) is 12.8 Å². The zero-order valence-corrected chi connectivity index (χ0v) is 52.8. The number of nitrogens with one attached hydrogen (secondary N) is 1. The molecule has 1 amide bonds. The van der Waals surface area contributed by atoms with Gasteiger partial charge in [-0.05, 0) is 32.1 Å². The molecule has 16 atom stereocenters. The van der Waals surface area contributed by atoms with Crippen molar-refractivity contribution in [1.82, 2.24) is 5.32 Å². The number of aliphatic hydroxyl groups excluding tert-OH is 11. The molecular formula is C64H126N2O18. The molecule has 500 valence electrons. The molecule has 0 bridgehead atoms. The molecular weight excluding hydrogens is 1080 g/mol. The molecule has 0 aliphatic carbocycles. The van der Waals surface area contributed by atoms with Crippen LogP contribution in [0, 0.1) is 0 Å². The lowest BCUT2D eigenvalue weighted by Gasteiger charge is -2.40. The van der Waals surface area contributed by atoms with Crippen LogP contribution < -0.4 is 11.1 Å². The average Bonchev–Trinajstić information content (AvgIpc) is 2.93. The van der Waals surface area contributed by atoms with Crippen LogP contribution in [-0.2, 0) is 33.3 Å². The van der Waals surface area contributed by atoms with E-state index < -0.39 is 111 Å². The highest BCUT2D eigenvalue weighted by Gasteiger charge is 2.46. The van der Waals surface area contributed by atoms with Gasteiger partial charge in [-0.2, -0.15) is 0 Å². The van der Waals surface area contributed by atoms with E-state index in [1.54, 1.807) is 0 Å². The third-order valence-electron chi connectivity index (χ3n) is 16.5. The Balaban J connectivity index is 0.000000840. The van der Waals surface area contributed by atoms with Crippen molar-refractivity contribution in [2.24, 2.45) is 5.73 Å². The highest BCUT2D eigenvalue weighted by Crippen LogP contribution is 2.26. The SMILES string of the molecule is CCCCCCCCCCCCCC[C@@H](O)[C@@H](O)[C@H](CO[C@H]1OC(CO)[C@H](O)[C@H](O)C1O)NC(=O)CCCCCCC.CCCCCCCCCCCCCC[C@@H](OC(=O)CCCCCCC)[C@@H](O)[C@@H](N)CO[C@H]1OC(CO)[C@H](O)[C@H](O)C1O. The smallest absolute Gasteiger partial charge is 0.306 e. The lowest BCUT2D eigenvalue weighted by Crippen LogP contribution is -2.60. The average molecular weight is 1210 g/mol. The molecule has 0 spiro atoms. The van der Waals surface area contributed by atoms with Crippen molar-refractivity contribution in [3.63, 3.8) is 0 Å². The van der Waals surface area contributed by atoms with E-state index in [1.807, 2.05) is 0 Å². The third-order valence-corrected chi connectivity index (χ3v) is 16.5. The molecule has 14 N–H and O–H groups in total. The van der Waals surface area contributed by atoms with Gasteiger partial charge < -0.3 is 90.9 Å². The zero-order valence-electron chi connectivity index (χ0n) is 52.8. The van der Waals surface area contributed by atoms with E-state index in [4.69, 9.17) is 29.4 Å². The number of rotatable bonds is 52. The van der Waals surface area contributed by atoms with Gasteiger partial charge in [0.25, 0.3) is 0 Å². The maximum atomic E-state index is 12.6. The van der Waals surface area contributed by atoms with Crippen LogP contribution in [-0.4, -0.2) is 192 Å². The van der Waals surface area contributed by atoms with E-state index in [0.29, 0.717) is 25.7 Å². The zero-order chi connectivity index (χ0) is 62.3. The number of esters is 1. The second kappa shape index (κ2) is 52.1. The Morgan fingerprint density at radius 1 is 0.440 bits per heavy atom. The van der Waals surface area contributed by atoms with Crippen molar-refractivity contribution < 1.29 is 89.4 Å². The van der Waals surface area contributed by atoms with Crippen LogP contribution in [0.3, 0.4) is 0 Å². The molecule has 2 rings (SSSR count). The number of nitrogens with two attached hydrogens (primary N) is 1. The van der Waals surface area contributed by atoms with Crippen molar-refractivity contribution in [3.8, 4) is 0 Å². The van der Waals surface area contributed by atoms with Crippen molar-refractivity contribution in [2.75, 3.05) is 26.4 Å². The summed E-state index contributed by atoms with van der Waals surface area (Å²) >= 11 is 0. The lowest BCUT2D eigenvalue weighted by molar-refractivity contribution is -0.303. The summed E-state index contributed by atoms with van der Waals surface area (Å²) < 4.78 is 27.6. The maximum Gasteiger partial charge on any atom is 0.306 e. The fourth-order valence-electron chi connectivity index (χ4n) is 10.8. The second-order valence-corrected chi connectivity index (χ2v) is 24.2. The first-order valence-electron chi connectivity index (χ1n) is 33.7. The van der Waals surface area contributed by atoms with E-state index in [0.717, 1.165) is 103 Å². The predicted molar refractivity (Wildman–Crippen MR) is 325 cm³/mol. The number of hydrogen-bond acceptors (Lipinski definition) is 19. The van der Waals surface area contributed by atoms with Crippen molar-refractivity contribution in [3.05, 3.63) is 0 Å². The highest BCUT2D eigenvalue weighted by molar-refractivity contribution is 5.76. The number of aliphatic hydroxyl groups is 11. The summed E-state index contributed by atoms with van der Waals surface area (Å²) in [5, 5.41) is 115. The summed E-state index contributed by atoms with van der Waals surface area (Å²) in [4.78, 5) is 25.2. The van der Waals surface area contributed by atoms with Gasteiger partial charge in [0.1, 0.15) is 67.1 Å². The molecule has 4 unspecified atom stereocenters. The minimum absolute atomic E-state index is 0.257. The molecule has 84 heavy (non-hydrogen) atoms. The predicted octanol–water partition coefficient (Wildman–Crippen LogP) is 7.32. The molecule has 2 saturated heterocycles. The Morgan fingerprint density at radius 3 is 1.18 bits per heavy atom. The summed E-state index contributed by atoms with van der Waals surface area (Å²) in [5.41, 5.74) is 6.21. The minimum atomic E-state index is -1.60. The Bertz CT molecular complexity index is 1520. The van der Waals surface area contributed by atoms with Crippen LogP contribution in [0.25, 0.3) is 0 Å². The van der Waals surface area contributed by atoms with E-state index in [1.165, 1.54) is 109 Å². The van der Waals surface area contributed by atoms with Gasteiger partial charge in [0.2, 0.25) is 5.91 Å². The quantitative estimate of drug-likeness (QED) is 0.0210. The van der Waals surface area contributed by atoms with Crippen LogP contribution in [0.4, 0.5) is 0 Å². The maximum absolute atomic E-state index is 12.6. The molecule has 2 aliphatic heterocycles. The largest absolute Gasteiger partial charge is 0.460 e. The minimum Gasteiger partial charge on any atom is -0.460 e. The van der Waals surface area contributed by atoms with Gasteiger partial charge in [-0.3, -0.25) is 9.59 Å². The molecule has 20 heteroatoms. The van der Waals surface area contributed by atoms with E-state index in [9.17, 15) is 65.8 Å². The van der Waals surface area contributed by atoms with E-state index in [-0.39, 0.29) is 31.5 Å². The number of ether oxygens (including phenoxy) is 5. The van der Waals surface area contributed by atoms with Crippen LogP contribution in [0.2, 0.25) is 0 Å². The standard InChI is InChI=1S/2C32H63NO9/c1-3-5-7-9-10-11-12-13-14-15-17-18-20-25(41-27(35)21-19-16-8-6-4-2)28(36)24(33)23-40-32-31(39)30(38)29(37)26(22-34)42-32;1-3-5-7-9-10-11-12-13-14-15-17-18-20-25(35)28(37)24(33-27(36)21-19-16-8-6-4-2)23-41-32-31(40)30(39)29(38)26(22-34)42-32/h24-26,28-32,34,36-39H,3-23,33H2,1-2H3;24-26,28-32,34-35,37-40H,3-23H2,1-2H3,(H,33,36)/t2*24-,25+,26?,28-,29-,30-,31?,32-/m00/s1. The molecule has 0 saturated carbocycles. The number of amides is 1. The Hall–Kier alpha value is -1.70. The number of unbranched alkanes of at least 4 members (excludes halogenated alkanes) is 30. The van der Waals surface area contributed by atoms with Crippen LogP contribution in [0.1, 0.15) is 272 Å². The number of carbonyl (C=O) groups is 2. The highest BCUT2D eigenvalue weighted by atomic mass is 16.7. The van der Waals surface area contributed by atoms with Crippen molar-refractivity contribution in [1.29, 1.82) is 0 Å². The summed E-state index contributed by atoms with van der Waals surface area (Å²) in [6.45, 7) is 7.00. The molecule has 20 nitrogen and oxygen atoms in total. The summed E-state index contributed by atoms with van der Waals surface area (Å²) in [6, 6.07) is -1.94. The monoisotopic (exact) mass is 1210 g/mol. The van der Waals surface area contributed by atoms with Crippen LogP contribution in [0.15, 0.2) is 0 Å². The Kier molecular flexibility index (Phi) is 49.8. The normalized spacial score (nSPS) is 24.8. The summed E-state index contributed by atoms with van der Waals surface area (Å²) in [6.07, 6.45) is 21.5. The first kappa shape index (κ1) is 80.3. The van der Waals surface area contributed by atoms with Crippen LogP contribution >= 0.6 is 0 Å². The van der Waals surface area contributed by atoms with Crippen molar-refractivity contribution >= 4 is 11.9 Å². The van der Waals surface area contributed by atoms with E-state index in [2.05, 4.69) is 33.0 Å². The lowest BCUT2D eigenvalue weighted by atomic mass is 9.98. The van der Waals surface area contributed by atoms with Gasteiger partial charge in [0.05, 0.1) is 44.6 Å². The van der Waals surface area contributed by atoms with Gasteiger partial charge in [-0.25, -0.2) is 0 Å². The second-order valence-electron chi connectivity index (χ2n) is 24.2. The number of hydrogen-bond donors (Lipinski definition) is 13. The first-order valence-corrected chi connectivity index (χ1v) is 33.7. The van der Waals surface area contributed by atoms with Gasteiger partial charge in [-0.1, -0.05) is 227 Å². The van der Waals surface area contributed by atoms with Gasteiger partial charge in [-0.15, -0.1) is 0 Å². The molecule has 0 aromatic carbocycles. The van der Waals surface area contributed by atoms with Gasteiger partial charge in [0.15, 0.2) is 12.6 Å². The molecule has 0 aromatic rings. The first-order chi connectivity index (χ1) is 40.5. The van der Waals surface area contributed by atoms with Gasteiger partial charge >= 0.3 is 5.97 Å². The molecule has 2 fully saturated rings. The fourth-order valence-corrected chi connectivity index (χ4v) is 10.8. The number of carbonyl (C=O) groups excluding carboxylic acids is 2. The van der Waals surface area contributed by atoms with Crippen molar-refractivity contribution in [2.45, 2.75) is 370 Å². The summed E-state index contributed by atoms with van der Waals surface area (Å²) in [5.74, 6) is -0.623. The fraction of sp³-hybridized carbons (Fsp3) is 0.969. The summed E-state index contributed by atoms with van der Waals surface area (Å²) in [7, 11) is 0. The molecule has 2 aliphatic rings. The van der Waals surface area contributed by atoms with Crippen LogP contribution in [0.5, 0.6) is 0 Å².